The van der Waals surface area contributed by atoms with Crippen LogP contribution >= 0.6 is 0 Å². The summed E-state index contributed by atoms with van der Waals surface area (Å²) in [6.45, 7) is 9.73. The molecule has 2 aromatic carbocycles. The molecule has 4 amide bonds. The van der Waals surface area contributed by atoms with E-state index in [9.17, 15) is 27.6 Å². The largest absolute Gasteiger partial charge is 0.496 e. The van der Waals surface area contributed by atoms with Gasteiger partial charge in [-0.25, -0.2) is 13.2 Å². The topological polar surface area (TPSA) is 169 Å². The number of nitrogens with zero attached hydrogens (tertiary/aromatic N) is 1. The first-order valence-corrected chi connectivity index (χ1v) is 21.6. The second kappa shape index (κ2) is 14.5. The van der Waals surface area contributed by atoms with Crippen molar-refractivity contribution in [1.29, 1.82) is 0 Å². The maximum atomic E-state index is 14.9. The van der Waals surface area contributed by atoms with Gasteiger partial charge in [-0.15, -0.1) is 0 Å². The van der Waals surface area contributed by atoms with Gasteiger partial charge >= 0.3 is 6.09 Å². The van der Waals surface area contributed by atoms with E-state index >= 15 is 0 Å². The predicted octanol–water partition coefficient (Wildman–Crippen LogP) is 5.08. The molecule has 5 atom stereocenters. The molecule has 4 fully saturated rings. The average Bonchev–Trinajstić information content (AvgIpc) is 4.01. The van der Waals surface area contributed by atoms with E-state index in [0.29, 0.717) is 19.3 Å². The summed E-state index contributed by atoms with van der Waals surface area (Å²) in [6.07, 6.45) is 5.83. The Kier molecular flexibility index (Phi) is 10.4. The van der Waals surface area contributed by atoms with E-state index in [1.165, 1.54) is 4.90 Å². The number of carbonyl (C=O) groups is 4. The van der Waals surface area contributed by atoms with Crippen LogP contribution in [0.1, 0.15) is 104 Å². The van der Waals surface area contributed by atoms with Crippen molar-refractivity contribution in [2.45, 2.75) is 127 Å². The van der Waals surface area contributed by atoms with Crippen molar-refractivity contribution in [3.63, 3.8) is 0 Å². The highest BCUT2D eigenvalue weighted by atomic mass is 32.2. The van der Waals surface area contributed by atoms with Crippen LogP contribution in [0.15, 0.2) is 30.3 Å². The molecule has 3 N–H and O–H groups in total. The van der Waals surface area contributed by atoms with E-state index in [2.05, 4.69) is 21.4 Å². The van der Waals surface area contributed by atoms with Crippen LogP contribution in [0, 0.1) is 22.7 Å². The van der Waals surface area contributed by atoms with Crippen molar-refractivity contribution >= 4 is 44.6 Å². The van der Waals surface area contributed by atoms with Crippen LogP contribution in [0.2, 0.25) is 0 Å². The first-order chi connectivity index (χ1) is 26.3. The number of alkyl carbamates (subject to hydrolysis) is 1. The van der Waals surface area contributed by atoms with Gasteiger partial charge in [-0.3, -0.25) is 19.1 Å². The molecule has 1 saturated heterocycles. The minimum Gasteiger partial charge on any atom is -0.496 e. The number of fused-ring (bicyclic) bond motifs is 5. The van der Waals surface area contributed by atoms with Crippen molar-refractivity contribution < 1.29 is 41.8 Å². The zero-order chi connectivity index (χ0) is 40.4. The number of sulfonamides is 1. The van der Waals surface area contributed by atoms with Crippen LogP contribution in [-0.2, 0) is 45.9 Å². The molecule has 14 heteroatoms. The maximum Gasteiger partial charge on any atom is 0.407 e. The van der Waals surface area contributed by atoms with E-state index < -0.39 is 67.7 Å². The molecule has 306 valence electrons. The molecule has 56 heavy (non-hydrogen) atoms. The highest BCUT2D eigenvalue weighted by molar-refractivity contribution is 7.91. The number of ether oxygens (including phenoxy) is 3. The first-order valence-electron chi connectivity index (χ1n) is 20.1. The quantitative estimate of drug-likeness (QED) is 0.330. The number of methoxy groups -OCH3 is 2. The summed E-state index contributed by atoms with van der Waals surface area (Å²) in [5, 5.41) is 7.15. The molecule has 2 aromatic rings. The van der Waals surface area contributed by atoms with Crippen LogP contribution in [0.3, 0.4) is 0 Å². The number of nitrogens with one attached hydrogen (secondary N) is 3. The maximum absolute atomic E-state index is 14.9. The molecule has 2 aliphatic heterocycles. The molecule has 0 unspecified atom stereocenters. The molecule has 5 bridgehead atoms. The Morgan fingerprint density at radius 1 is 0.982 bits per heavy atom. The van der Waals surface area contributed by atoms with Crippen LogP contribution in [0.25, 0.3) is 10.8 Å². The predicted molar refractivity (Wildman–Crippen MR) is 210 cm³/mol. The van der Waals surface area contributed by atoms with Crippen molar-refractivity contribution in [2.75, 3.05) is 27.4 Å². The Labute approximate surface area is 330 Å². The van der Waals surface area contributed by atoms with E-state index in [0.717, 1.165) is 66.2 Å². The fraction of sp³-hybridized carbons (Fsp3) is 0.667. The Morgan fingerprint density at radius 3 is 2.36 bits per heavy atom. The highest BCUT2D eigenvalue weighted by Gasteiger charge is 2.67. The number of rotatable bonds is 8. The normalized spacial score (nSPS) is 29.8. The molecule has 0 spiro atoms. The molecule has 0 radical (unpaired) electrons. The monoisotopic (exact) mass is 794 g/mol. The molecule has 13 nitrogen and oxygen atoms in total. The lowest BCUT2D eigenvalue weighted by molar-refractivity contribution is -0.143. The summed E-state index contributed by atoms with van der Waals surface area (Å²) in [6, 6.07) is 7.92. The minimum absolute atomic E-state index is 0.0212. The van der Waals surface area contributed by atoms with Gasteiger partial charge in [0.2, 0.25) is 21.8 Å². The lowest BCUT2D eigenvalue weighted by Gasteiger charge is -2.36. The smallest absolute Gasteiger partial charge is 0.407 e. The van der Waals surface area contributed by atoms with Gasteiger partial charge in [-0.2, -0.15) is 0 Å². The summed E-state index contributed by atoms with van der Waals surface area (Å²) >= 11 is 0. The van der Waals surface area contributed by atoms with Crippen molar-refractivity contribution in [1.82, 2.24) is 20.3 Å². The summed E-state index contributed by atoms with van der Waals surface area (Å²) < 4.78 is 46.0. The first kappa shape index (κ1) is 40.3. The zero-order valence-corrected chi connectivity index (χ0v) is 34.6. The Morgan fingerprint density at radius 2 is 1.71 bits per heavy atom. The zero-order valence-electron chi connectivity index (χ0n) is 33.8. The third-order valence-electron chi connectivity index (χ3n) is 12.7. The second-order valence-corrected chi connectivity index (χ2v) is 20.7. The van der Waals surface area contributed by atoms with E-state index in [1.807, 2.05) is 58.9 Å². The van der Waals surface area contributed by atoms with Gasteiger partial charge in [0.05, 0.1) is 25.5 Å². The number of hydrogen-bond acceptors (Lipinski definition) is 9. The van der Waals surface area contributed by atoms with Crippen LogP contribution < -0.4 is 20.1 Å². The van der Waals surface area contributed by atoms with Gasteiger partial charge in [0.25, 0.3) is 5.91 Å². The number of benzene rings is 2. The summed E-state index contributed by atoms with van der Waals surface area (Å²) in [4.78, 5) is 58.4. The van der Waals surface area contributed by atoms with Crippen LogP contribution in [-0.4, -0.2) is 87.4 Å². The molecule has 7 rings (SSSR count). The minimum atomic E-state index is -3.87. The van der Waals surface area contributed by atoms with Gasteiger partial charge in [0.1, 0.15) is 29.0 Å². The number of hydrogen-bond donors (Lipinski definition) is 3. The number of aryl methyl sites for hydroxylation is 1. The summed E-state index contributed by atoms with van der Waals surface area (Å²) in [5.74, 6) is -1.01. The third kappa shape index (κ3) is 7.97. The molecule has 2 heterocycles. The van der Waals surface area contributed by atoms with Crippen molar-refractivity contribution in [3.8, 4) is 5.75 Å². The third-order valence-corrected chi connectivity index (χ3v) is 14.6. The summed E-state index contributed by atoms with van der Waals surface area (Å²) in [5.41, 5.74) is -1.84. The van der Waals surface area contributed by atoms with Gasteiger partial charge in [-0.1, -0.05) is 53.2 Å². The second-order valence-electron chi connectivity index (χ2n) is 18.8. The van der Waals surface area contributed by atoms with Gasteiger partial charge < -0.3 is 29.7 Å². The Bertz CT molecular complexity index is 2020. The Balaban J connectivity index is 1.28. The lowest BCUT2D eigenvalue weighted by Crippen LogP contribution is -2.60. The molecule has 3 aliphatic carbocycles. The number of carbonyl (C=O) groups excluding carboxylic acids is 4. The number of cyclic esters (lactones) is 1. The molecule has 0 aromatic heterocycles. The van der Waals surface area contributed by atoms with E-state index in [1.54, 1.807) is 14.2 Å². The molecular formula is C42H58N4O9S. The summed E-state index contributed by atoms with van der Waals surface area (Å²) in [7, 11) is -0.645. The van der Waals surface area contributed by atoms with Crippen LogP contribution in [0.5, 0.6) is 5.75 Å². The lowest BCUT2D eigenvalue weighted by atomic mass is 9.85. The van der Waals surface area contributed by atoms with E-state index in [4.69, 9.17) is 14.2 Å². The SMILES string of the molecule is COc1cc2ccc3cc2cc1CCCCC(C)(C)COC(=O)N[C@@H](C(C)(C)C)C(=O)N1C[C@@]3(OC)C[C@H]1C(=O)N[C@]1(C(=O)NS(=O)(=O)C2CC2)C[C@H]1C1CC1. The van der Waals surface area contributed by atoms with Gasteiger partial charge in [0, 0.05) is 13.5 Å². The van der Waals surface area contributed by atoms with Crippen LogP contribution in [0.4, 0.5) is 4.79 Å². The highest BCUT2D eigenvalue weighted by Crippen LogP contribution is 2.57. The average molecular weight is 795 g/mol. The van der Waals surface area contributed by atoms with Gasteiger partial charge in [-0.05, 0) is 114 Å². The standard InChI is InChI=1S/C42H58N4O9S/c1-39(2,3)34-36(48)46-23-41(54-7,22-32(46)35(47)44-42(21-31(42)25-11-12-25)37(49)45-56(51,52)30-15-16-30)29-14-13-26-20-33(53-6)27(18-28(26)19-29)10-8-9-17-40(4,5)24-55-38(50)43-34/h13-14,18-20,25,30-32,34H,8-12,15-17,21-24H2,1-7H3,(H,43,50)(H,44,47)(H,45,49)/t31-,32-,34+,41-,42+/m0/s1. The Hall–Kier alpha value is -3.91. The van der Waals surface area contributed by atoms with Crippen molar-refractivity contribution in [2.24, 2.45) is 22.7 Å². The molecular weight excluding hydrogens is 737 g/mol. The van der Waals surface area contributed by atoms with Crippen molar-refractivity contribution in [3.05, 3.63) is 41.5 Å². The van der Waals surface area contributed by atoms with Gasteiger partial charge in [0.15, 0.2) is 0 Å². The number of amides is 4. The van der Waals surface area contributed by atoms with E-state index in [-0.39, 0.29) is 36.8 Å². The fourth-order valence-electron chi connectivity index (χ4n) is 8.83. The molecule has 3 saturated carbocycles. The fourth-order valence-corrected chi connectivity index (χ4v) is 10.2. The molecule has 5 aliphatic rings.